The predicted molar refractivity (Wildman–Crippen MR) is 110 cm³/mol. The summed E-state index contributed by atoms with van der Waals surface area (Å²) in [5.41, 5.74) is 2.70. The van der Waals surface area contributed by atoms with Crippen LogP contribution in [0, 0.1) is 0 Å². The van der Waals surface area contributed by atoms with Crippen LogP contribution in [0.15, 0.2) is 42.6 Å². The molecule has 140 valence electrons. The van der Waals surface area contributed by atoms with Gasteiger partial charge >= 0.3 is 6.03 Å². The van der Waals surface area contributed by atoms with Gasteiger partial charge in [0, 0.05) is 44.3 Å². The minimum absolute atomic E-state index is 0.102. The molecule has 0 atom stereocenters. The first-order valence-electron chi connectivity index (χ1n) is 8.69. The maximum atomic E-state index is 12.6. The lowest BCUT2D eigenvalue weighted by atomic mass is 10.2. The van der Waals surface area contributed by atoms with Crippen LogP contribution in [0.3, 0.4) is 0 Å². The normalized spacial score (nSPS) is 14.6. The van der Waals surface area contributed by atoms with Gasteiger partial charge in [0.05, 0.1) is 27.4 Å². The zero-order valence-corrected chi connectivity index (χ0v) is 16.3. The SMILES string of the molecule is Cn1ncc2cc(NC(=O)N3CCN(c4cccc(Cl)c4Cl)CC3)ccc21. The van der Waals surface area contributed by atoms with E-state index in [9.17, 15) is 4.79 Å². The fraction of sp³-hybridized carbons (Fsp3) is 0.263. The van der Waals surface area contributed by atoms with Gasteiger partial charge in [-0.25, -0.2) is 4.79 Å². The Morgan fingerprint density at radius 2 is 1.89 bits per heavy atom. The van der Waals surface area contributed by atoms with Gasteiger partial charge in [0.25, 0.3) is 0 Å². The van der Waals surface area contributed by atoms with Crippen LogP contribution < -0.4 is 10.2 Å². The highest BCUT2D eigenvalue weighted by molar-refractivity contribution is 6.43. The van der Waals surface area contributed by atoms with E-state index in [0.29, 0.717) is 36.2 Å². The third kappa shape index (κ3) is 3.55. The molecule has 1 fully saturated rings. The molecule has 0 aliphatic carbocycles. The number of aromatic nitrogens is 2. The topological polar surface area (TPSA) is 53.4 Å². The van der Waals surface area contributed by atoms with Crippen LogP contribution in [0.2, 0.25) is 10.0 Å². The van der Waals surface area contributed by atoms with E-state index in [2.05, 4.69) is 15.3 Å². The molecule has 8 heteroatoms. The standard InChI is InChI=1S/C19H19Cl2N5O/c1-24-16-6-5-14(11-13(16)12-22-24)23-19(27)26-9-7-25(8-10-26)17-4-2-3-15(20)18(17)21/h2-6,11-12H,7-10H2,1H3,(H,23,27). The van der Waals surface area contributed by atoms with Crippen LogP contribution >= 0.6 is 23.2 Å². The number of benzene rings is 2. The van der Waals surface area contributed by atoms with Crippen LogP contribution in [-0.2, 0) is 7.05 Å². The summed E-state index contributed by atoms with van der Waals surface area (Å²) in [5.74, 6) is 0. The monoisotopic (exact) mass is 403 g/mol. The van der Waals surface area contributed by atoms with E-state index < -0.39 is 0 Å². The molecule has 2 amide bonds. The summed E-state index contributed by atoms with van der Waals surface area (Å²) in [7, 11) is 1.90. The number of piperazine rings is 1. The average Bonchev–Trinajstić information content (AvgIpc) is 3.04. The number of hydrogen-bond acceptors (Lipinski definition) is 3. The summed E-state index contributed by atoms with van der Waals surface area (Å²) in [4.78, 5) is 16.6. The first kappa shape index (κ1) is 17.9. The zero-order chi connectivity index (χ0) is 19.0. The molecular formula is C19H19Cl2N5O. The van der Waals surface area contributed by atoms with E-state index in [1.165, 1.54) is 0 Å². The van der Waals surface area contributed by atoms with Crippen molar-refractivity contribution in [1.29, 1.82) is 0 Å². The number of fused-ring (bicyclic) bond motifs is 1. The Balaban J connectivity index is 1.40. The predicted octanol–water partition coefficient (Wildman–Crippen LogP) is 4.23. The van der Waals surface area contributed by atoms with Gasteiger partial charge in [0.15, 0.2) is 0 Å². The molecule has 0 bridgehead atoms. The van der Waals surface area contributed by atoms with E-state index in [1.807, 2.05) is 42.3 Å². The number of nitrogens with one attached hydrogen (secondary N) is 1. The van der Waals surface area contributed by atoms with E-state index in [1.54, 1.807) is 16.9 Å². The Labute approximate surface area is 167 Å². The first-order valence-corrected chi connectivity index (χ1v) is 9.45. The lowest BCUT2D eigenvalue weighted by Crippen LogP contribution is -2.50. The van der Waals surface area contributed by atoms with Crippen molar-refractivity contribution < 1.29 is 4.79 Å². The maximum absolute atomic E-state index is 12.6. The second-order valence-electron chi connectivity index (χ2n) is 6.52. The Morgan fingerprint density at radius 3 is 2.67 bits per heavy atom. The molecule has 1 aliphatic heterocycles. The van der Waals surface area contributed by atoms with Crippen molar-refractivity contribution in [3.05, 3.63) is 52.6 Å². The average molecular weight is 404 g/mol. The molecule has 0 radical (unpaired) electrons. The van der Waals surface area contributed by atoms with Gasteiger partial charge in [-0.1, -0.05) is 29.3 Å². The van der Waals surface area contributed by atoms with Crippen molar-refractivity contribution in [3.63, 3.8) is 0 Å². The Morgan fingerprint density at radius 1 is 1.11 bits per heavy atom. The highest BCUT2D eigenvalue weighted by atomic mass is 35.5. The molecule has 2 aromatic carbocycles. The molecule has 2 heterocycles. The van der Waals surface area contributed by atoms with Gasteiger partial charge in [-0.3, -0.25) is 4.68 Å². The second-order valence-corrected chi connectivity index (χ2v) is 7.30. The van der Waals surface area contributed by atoms with Crippen molar-refractivity contribution in [2.24, 2.45) is 7.05 Å². The number of rotatable bonds is 2. The minimum atomic E-state index is -0.102. The molecule has 27 heavy (non-hydrogen) atoms. The van der Waals surface area contributed by atoms with Crippen LogP contribution in [0.5, 0.6) is 0 Å². The molecule has 0 spiro atoms. The third-order valence-electron chi connectivity index (χ3n) is 4.84. The molecule has 0 saturated carbocycles. The Hall–Kier alpha value is -2.44. The number of hydrogen-bond donors (Lipinski definition) is 1. The van der Waals surface area contributed by atoms with E-state index in [0.717, 1.165) is 22.3 Å². The third-order valence-corrected chi connectivity index (χ3v) is 5.65. The lowest BCUT2D eigenvalue weighted by molar-refractivity contribution is 0.208. The van der Waals surface area contributed by atoms with E-state index >= 15 is 0 Å². The second kappa shape index (κ2) is 7.29. The number of halogens is 2. The van der Waals surface area contributed by atoms with E-state index in [-0.39, 0.29) is 6.03 Å². The van der Waals surface area contributed by atoms with Gasteiger partial charge in [-0.2, -0.15) is 5.10 Å². The molecule has 3 aromatic rings. The van der Waals surface area contributed by atoms with Gasteiger partial charge in [-0.05, 0) is 30.3 Å². The molecule has 0 unspecified atom stereocenters. The number of amides is 2. The summed E-state index contributed by atoms with van der Waals surface area (Å²) in [5, 5.41) is 9.29. The molecule has 4 rings (SSSR count). The van der Waals surface area contributed by atoms with Crippen molar-refractivity contribution in [3.8, 4) is 0 Å². The molecule has 1 aromatic heterocycles. The first-order chi connectivity index (χ1) is 13.0. The summed E-state index contributed by atoms with van der Waals surface area (Å²) < 4.78 is 1.81. The van der Waals surface area contributed by atoms with Crippen LogP contribution in [-0.4, -0.2) is 46.9 Å². The van der Waals surface area contributed by atoms with Crippen LogP contribution in [0.1, 0.15) is 0 Å². The molecule has 1 N–H and O–H groups in total. The van der Waals surface area contributed by atoms with Crippen LogP contribution in [0.25, 0.3) is 10.9 Å². The van der Waals surface area contributed by atoms with Gasteiger partial charge in [0.2, 0.25) is 0 Å². The van der Waals surface area contributed by atoms with Gasteiger partial charge in [0.1, 0.15) is 0 Å². The van der Waals surface area contributed by atoms with Crippen molar-refractivity contribution >= 4 is 51.5 Å². The van der Waals surface area contributed by atoms with Crippen molar-refractivity contribution in [2.45, 2.75) is 0 Å². The van der Waals surface area contributed by atoms with Crippen molar-refractivity contribution in [1.82, 2.24) is 14.7 Å². The molecule has 6 nitrogen and oxygen atoms in total. The lowest BCUT2D eigenvalue weighted by Gasteiger charge is -2.36. The summed E-state index contributed by atoms with van der Waals surface area (Å²) in [6.07, 6.45) is 1.79. The number of urea groups is 1. The highest BCUT2D eigenvalue weighted by Gasteiger charge is 2.23. The maximum Gasteiger partial charge on any atom is 0.321 e. The Kier molecular flexibility index (Phi) is 4.85. The fourth-order valence-electron chi connectivity index (χ4n) is 3.33. The largest absolute Gasteiger partial charge is 0.367 e. The summed E-state index contributed by atoms with van der Waals surface area (Å²) in [6.45, 7) is 2.64. The Bertz CT molecular complexity index is 995. The van der Waals surface area contributed by atoms with Gasteiger partial charge < -0.3 is 15.1 Å². The number of carbonyl (C=O) groups is 1. The number of aryl methyl sites for hydroxylation is 1. The quantitative estimate of drug-likeness (QED) is 0.696. The van der Waals surface area contributed by atoms with Gasteiger partial charge in [-0.15, -0.1) is 0 Å². The van der Waals surface area contributed by atoms with Crippen molar-refractivity contribution in [2.75, 3.05) is 36.4 Å². The number of carbonyl (C=O) groups excluding carboxylic acids is 1. The zero-order valence-electron chi connectivity index (χ0n) is 14.8. The van der Waals surface area contributed by atoms with E-state index in [4.69, 9.17) is 23.2 Å². The number of anilines is 2. The highest BCUT2D eigenvalue weighted by Crippen LogP contribution is 2.32. The fourth-order valence-corrected chi connectivity index (χ4v) is 3.75. The smallest absolute Gasteiger partial charge is 0.321 e. The van der Waals surface area contributed by atoms with Crippen LogP contribution in [0.4, 0.5) is 16.2 Å². The molecule has 1 aliphatic rings. The summed E-state index contributed by atoms with van der Waals surface area (Å²) >= 11 is 12.4. The molecular weight excluding hydrogens is 385 g/mol. The minimum Gasteiger partial charge on any atom is -0.367 e. The summed E-state index contributed by atoms with van der Waals surface area (Å²) in [6, 6.07) is 11.3. The number of nitrogens with zero attached hydrogens (tertiary/aromatic N) is 4. The molecule has 1 saturated heterocycles.